The molecule has 0 fully saturated rings. The molecular formula is C14H14N2O3. The summed E-state index contributed by atoms with van der Waals surface area (Å²) in [6.45, 7) is 1.86. The van der Waals surface area contributed by atoms with Crippen molar-refractivity contribution in [2.45, 2.75) is 6.92 Å². The topological polar surface area (TPSA) is 71.3 Å². The number of carbonyl (C=O) groups excluding carboxylic acids is 2. The van der Waals surface area contributed by atoms with E-state index in [1.54, 1.807) is 31.3 Å². The summed E-state index contributed by atoms with van der Waals surface area (Å²) in [5.41, 5.74) is 2.41. The molecule has 0 unspecified atom stereocenters. The summed E-state index contributed by atoms with van der Waals surface area (Å²) in [5.74, 6) is -0.468. The SMILES string of the molecule is CNC(=O)c1ccc(C)c(NC(=O)c2ccoc2)c1. The average molecular weight is 258 g/mol. The molecule has 2 rings (SSSR count). The molecule has 0 radical (unpaired) electrons. The zero-order chi connectivity index (χ0) is 13.8. The minimum Gasteiger partial charge on any atom is -0.472 e. The van der Waals surface area contributed by atoms with Gasteiger partial charge in [-0.05, 0) is 30.7 Å². The maximum atomic E-state index is 11.9. The van der Waals surface area contributed by atoms with Crippen LogP contribution in [0, 0.1) is 6.92 Å². The van der Waals surface area contributed by atoms with Gasteiger partial charge in [0.2, 0.25) is 0 Å². The van der Waals surface area contributed by atoms with Crippen LogP contribution in [0.15, 0.2) is 41.2 Å². The van der Waals surface area contributed by atoms with Crippen LogP contribution < -0.4 is 10.6 Å². The van der Waals surface area contributed by atoms with Crippen molar-refractivity contribution >= 4 is 17.5 Å². The van der Waals surface area contributed by atoms with Crippen molar-refractivity contribution in [1.82, 2.24) is 5.32 Å². The molecule has 0 atom stereocenters. The molecular weight excluding hydrogens is 244 g/mol. The Balaban J connectivity index is 2.24. The van der Waals surface area contributed by atoms with Crippen molar-refractivity contribution < 1.29 is 14.0 Å². The molecule has 98 valence electrons. The number of amides is 2. The summed E-state index contributed by atoms with van der Waals surface area (Å²) >= 11 is 0. The third kappa shape index (κ3) is 2.82. The number of hydrogen-bond acceptors (Lipinski definition) is 3. The fraction of sp³-hybridized carbons (Fsp3) is 0.143. The molecule has 1 heterocycles. The lowest BCUT2D eigenvalue weighted by Gasteiger charge is -2.09. The van der Waals surface area contributed by atoms with Crippen molar-refractivity contribution in [1.29, 1.82) is 0 Å². The molecule has 0 saturated carbocycles. The lowest BCUT2D eigenvalue weighted by molar-refractivity contribution is 0.0961. The number of aryl methyl sites for hydroxylation is 1. The number of benzene rings is 1. The van der Waals surface area contributed by atoms with E-state index in [4.69, 9.17) is 4.42 Å². The standard InChI is InChI=1S/C14H14N2O3/c1-9-3-4-10(13(17)15-2)7-12(9)16-14(18)11-5-6-19-8-11/h3-8H,1-2H3,(H,15,17)(H,16,18). The van der Waals surface area contributed by atoms with E-state index in [1.807, 2.05) is 6.92 Å². The quantitative estimate of drug-likeness (QED) is 0.886. The summed E-state index contributed by atoms with van der Waals surface area (Å²) in [6.07, 6.45) is 2.80. The summed E-state index contributed by atoms with van der Waals surface area (Å²) in [4.78, 5) is 23.5. The zero-order valence-electron chi connectivity index (χ0n) is 10.7. The normalized spacial score (nSPS) is 10.0. The highest BCUT2D eigenvalue weighted by Crippen LogP contribution is 2.18. The fourth-order valence-electron chi connectivity index (χ4n) is 1.63. The predicted octanol–water partition coefficient (Wildman–Crippen LogP) is 2.20. The number of furan rings is 1. The monoisotopic (exact) mass is 258 g/mol. The van der Waals surface area contributed by atoms with Gasteiger partial charge in [-0.3, -0.25) is 9.59 Å². The van der Waals surface area contributed by atoms with Crippen LogP contribution in [-0.2, 0) is 0 Å². The summed E-state index contributed by atoms with van der Waals surface area (Å²) < 4.78 is 4.86. The first-order chi connectivity index (χ1) is 9.11. The number of rotatable bonds is 3. The van der Waals surface area contributed by atoms with Crippen LogP contribution >= 0.6 is 0 Å². The summed E-state index contributed by atoms with van der Waals surface area (Å²) in [6, 6.07) is 6.72. The smallest absolute Gasteiger partial charge is 0.258 e. The maximum absolute atomic E-state index is 11.9. The molecule has 19 heavy (non-hydrogen) atoms. The van der Waals surface area contributed by atoms with Crippen molar-refractivity contribution in [3.63, 3.8) is 0 Å². The van der Waals surface area contributed by atoms with Gasteiger partial charge in [-0.1, -0.05) is 6.07 Å². The third-order valence-corrected chi connectivity index (χ3v) is 2.76. The van der Waals surface area contributed by atoms with Gasteiger partial charge < -0.3 is 15.1 Å². The molecule has 1 aromatic heterocycles. The van der Waals surface area contributed by atoms with Gasteiger partial charge in [0.25, 0.3) is 11.8 Å². The van der Waals surface area contributed by atoms with Gasteiger partial charge in [0, 0.05) is 18.3 Å². The Labute approximate surface area is 110 Å². The van der Waals surface area contributed by atoms with E-state index in [0.29, 0.717) is 16.8 Å². The lowest BCUT2D eigenvalue weighted by atomic mass is 10.1. The van der Waals surface area contributed by atoms with E-state index >= 15 is 0 Å². The molecule has 0 aliphatic rings. The van der Waals surface area contributed by atoms with E-state index in [2.05, 4.69) is 10.6 Å². The Hall–Kier alpha value is -2.56. The van der Waals surface area contributed by atoms with Gasteiger partial charge in [-0.15, -0.1) is 0 Å². The van der Waals surface area contributed by atoms with Gasteiger partial charge in [-0.2, -0.15) is 0 Å². The van der Waals surface area contributed by atoms with Gasteiger partial charge >= 0.3 is 0 Å². The second-order valence-corrected chi connectivity index (χ2v) is 4.07. The van der Waals surface area contributed by atoms with Crippen LogP contribution in [0.2, 0.25) is 0 Å². The third-order valence-electron chi connectivity index (χ3n) is 2.76. The largest absolute Gasteiger partial charge is 0.472 e. The number of carbonyl (C=O) groups is 2. The van der Waals surface area contributed by atoms with Crippen LogP contribution in [0.25, 0.3) is 0 Å². The van der Waals surface area contributed by atoms with Gasteiger partial charge in [0.05, 0.1) is 11.8 Å². The lowest BCUT2D eigenvalue weighted by Crippen LogP contribution is -2.18. The molecule has 5 nitrogen and oxygen atoms in total. The highest BCUT2D eigenvalue weighted by Gasteiger charge is 2.11. The molecule has 0 saturated heterocycles. The van der Waals surface area contributed by atoms with E-state index in [-0.39, 0.29) is 11.8 Å². The summed E-state index contributed by atoms with van der Waals surface area (Å²) in [7, 11) is 1.56. The Kier molecular flexibility index (Phi) is 3.66. The molecule has 2 aromatic rings. The van der Waals surface area contributed by atoms with Crippen molar-refractivity contribution in [2.24, 2.45) is 0 Å². The van der Waals surface area contributed by atoms with Gasteiger partial charge in [0.15, 0.2) is 0 Å². The van der Waals surface area contributed by atoms with E-state index < -0.39 is 0 Å². The van der Waals surface area contributed by atoms with E-state index in [0.717, 1.165) is 5.56 Å². The number of nitrogens with one attached hydrogen (secondary N) is 2. The van der Waals surface area contributed by atoms with Crippen molar-refractivity contribution in [3.8, 4) is 0 Å². The Morgan fingerprint density at radius 2 is 1.89 bits per heavy atom. The first kappa shape index (κ1) is 12.9. The Morgan fingerprint density at radius 1 is 1.11 bits per heavy atom. The minimum absolute atomic E-state index is 0.196. The Morgan fingerprint density at radius 3 is 2.53 bits per heavy atom. The second-order valence-electron chi connectivity index (χ2n) is 4.07. The van der Waals surface area contributed by atoms with Crippen molar-refractivity contribution in [3.05, 3.63) is 53.5 Å². The molecule has 0 spiro atoms. The highest BCUT2D eigenvalue weighted by molar-refractivity contribution is 6.05. The van der Waals surface area contributed by atoms with Crippen LogP contribution in [0.5, 0.6) is 0 Å². The molecule has 0 bridgehead atoms. The van der Waals surface area contributed by atoms with Crippen molar-refractivity contribution in [2.75, 3.05) is 12.4 Å². The van der Waals surface area contributed by atoms with E-state index in [1.165, 1.54) is 12.5 Å². The predicted molar refractivity (Wildman–Crippen MR) is 71.2 cm³/mol. The molecule has 0 aliphatic carbocycles. The Bertz CT molecular complexity index is 603. The average Bonchev–Trinajstić information content (AvgIpc) is 2.94. The maximum Gasteiger partial charge on any atom is 0.258 e. The first-order valence-corrected chi connectivity index (χ1v) is 5.78. The number of anilines is 1. The zero-order valence-corrected chi connectivity index (χ0v) is 10.7. The molecule has 0 aliphatic heterocycles. The van der Waals surface area contributed by atoms with Gasteiger partial charge in [0.1, 0.15) is 6.26 Å². The van der Waals surface area contributed by atoms with Crippen LogP contribution in [0.4, 0.5) is 5.69 Å². The minimum atomic E-state index is -0.272. The van der Waals surface area contributed by atoms with E-state index in [9.17, 15) is 9.59 Å². The number of hydrogen-bond donors (Lipinski definition) is 2. The molecule has 1 aromatic carbocycles. The van der Waals surface area contributed by atoms with Crippen LogP contribution in [-0.4, -0.2) is 18.9 Å². The highest BCUT2D eigenvalue weighted by atomic mass is 16.3. The molecule has 2 amide bonds. The van der Waals surface area contributed by atoms with Crippen LogP contribution in [0.1, 0.15) is 26.3 Å². The summed E-state index contributed by atoms with van der Waals surface area (Å²) in [5, 5.41) is 5.30. The molecule has 2 N–H and O–H groups in total. The second kappa shape index (κ2) is 5.39. The fourth-order valence-corrected chi connectivity index (χ4v) is 1.63. The van der Waals surface area contributed by atoms with Crippen LogP contribution in [0.3, 0.4) is 0 Å². The first-order valence-electron chi connectivity index (χ1n) is 5.78. The van der Waals surface area contributed by atoms with Gasteiger partial charge in [-0.25, -0.2) is 0 Å². The molecule has 5 heteroatoms.